The first-order valence-corrected chi connectivity index (χ1v) is 10.7. The Morgan fingerprint density at radius 3 is 2.41 bits per heavy atom. The molecule has 27 heavy (non-hydrogen) atoms. The van der Waals surface area contributed by atoms with Gasteiger partial charge in [0, 0.05) is 25.0 Å². The zero-order valence-electron chi connectivity index (χ0n) is 15.9. The van der Waals surface area contributed by atoms with Crippen LogP contribution < -0.4 is 5.32 Å². The number of hydrogen-bond acceptors (Lipinski definition) is 5. The van der Waals surface area contributed by atoms with Crippen LogP contribution in [0, 0.1) is 19.7 Å². The highest BCUT2D eigenvalue weighted by molar-refractivity contribution is 7.90. The van der Waals surface area contributed by atoms with Crippen molar-refractivity contribution in [2.45, 2.75) is 45.4 Å². The summed E-state index contributed by atoms with van der Waals surface area (Å²) in [7, 11) is -3.56. The van der Waals surface area contributed by atoms with Crippen LogP contribution in [0.3, 0.4) is 0 Å². The molecule has 0 aliphatic rings. The second-order valence-corrected chi connectivity index (χ2v) is 8.58. The Morgan fingerprint density at radius 2 is 1.81 bits per heavy atom. The molecule has 3 rings (SSSR count). The Hall–Kier alpha value is -2.48. The molecule has 1 aromatic carbocycles. The molecule has 8 heteroatoms. The number of aryl methyl sites for hydroxylation is 2. The normalized spacial score (nSPS) is 11.9. The molecular formula is C19H23FN4O2S. The summed E-state index contributed by atoms with van der Waals surface area (Å²) >= 11 is 0. The minimum Gasteiger partial charge on any atom is -0.364 e. The number of halogens is 1. The maximum atomic E-state index is 13.1. The summed E-state index contributed by atoms with van der Waals surface area (Å²) in [5, 5.41) is 3.02. The lowest BCUT2D eigenvalue weighted by Crippen LogP contribution is -2.11. The lowest BCUT2D eigenvalue weighted by molar-refractivity contribution is 0.593. The minimum atomic E-state index is -3.56. The van der Waals surface area contributed by atoms with Gasteiger partial charge in [-0.25, -0.2) is 17.8 Å². The van der Waals surface area contributed by atoms with E-state index in [-0.39, 0.29) is 11.0 Å². The van der Waals surface area contributed by atoms with Gasteiger partial charge in [-0.3, -0.25) is 0 Å². The van der Waals surface area contributed by atoms with Crippen molar-refractivity contribution in [1.29, 1.82) is 0 Å². The highest BCUT2D eigenvalue weighted by Crippen LogP contribution is 2.30. The molecule has 0 aliphatic carbocycles. The molecule has 0 radical (unpaired) electrons. The van der Waals surface area contributed by atoms with Crippen LogP contribution in [0.4, 0.5) is 10.2 Å². The van der Waals surface area contributed by atoms with Gasteiger partial charge in [0.1, 0.15) is 11.3 Å². The Labute approximate surface area is 158 Å². The fourth-order valence-corrected chi connectivity index (χ4v) is 3.59. The van der Waals surface area contributed by atoms with Gasteiger partial charge in [0.25, 0.3) is 0 Å². The van der Waals surface area contributed by atoms with Crippen LogP contribution in [-0.4, -0.2) is 29.2 Å². The number of aromatic nitrogens is 3. The summed E-state index contributed by atoms with van der Waals surface area (Å²) in [6.45, 7) is 7.19. The molecule has 2 aromatic heterocycles. The second-order valence-electron chi connectivity index (χ2n) is 6.67. The van der Waals surface area contributed by atoms with Crippen molar-refractivity contribution >= 4 is 26.7 Å². The third kappa shape index (κ3) is 3.80. The van der Waals surface area contributed by atoms with Crippen LogP contribution in [0.25, 0.3) is 11.0 Å². The highest BCUT2D eigenvalue weighted by atomic mass is 32.2. The van der Waals surface area contributed by atoms with Crippen LogP contribution in [0.2, 0.25) is 0 Å². The van der Waals surface area contributed by atoms with E-state index in [4.69, 9.17) is 0 Å². The summed E-state index contributed by atoms with van der Waals surface area (Å²) in [6.07, 6.45) is 2.03. The van der Waals surface area contributed by atoms with Crippen LogP contribution in [0.5, 0.6) is 0 Å². The molecule has 0 aliphatic heterocycles. The average Bonchev–Trinajstić information content (AvgIpc) is 2.86. The smallest absolute Gasteiger partial charge is 0.249 e. The predicted octanol–water partition coefficient (Wildman–Crippen LogP) is 3.61. The average molecular weight is 390 g/mol. The molecule has 6 nitrogen and oxygen atoms in total. The van der Waals surface area contributed by atoms with Gasteiger partial charge in [0.2, 0.25) is 15.0 Å². The summed E-state index contributed by atoms with van der Waals surface area (Å²) in [5.74, 6) is 0.167. The van der Waals surface area contributed by atoms with Gasteiger partial charge >= 0.3 is 0 Å². The van der Waals surface area contributed by atoms with E-state index >= 15 is 0 Å². The van der Waals surface area contributed by atoms with Crippen molar-refractivity contribution in [2.24, 2.45) is 0 Å². The number of nitrogens with zero attached hydrogens (tertiary/aromatic N) is 3. The first-order valence-electron chi connectivity index (χ1n) is 8.78. The largest absolute Gasteiger partial charge is 0.364 e. The zero-order valence-corrected chi connectivity index (χ0v) is 16.7. The van der Waals surface area contributed by atoms with Gasteiger partial charge in [-0.05, 0) is 43.5 Å². The van der Waals surface area contributed by atoms with Crippen molar-refractivity contribution in [3.63, 3.8) is 0 Å². The molecule has 0 unspecified atom stereocenters. The third-order valence-corrected chi connectivity index (χ3v) is 5.43. The minimum absolute atomic E-state index is 0.201. The Morgan fingerprint density at radius 1 is 1.15 bits per heavy atom. The monoisotopic (exact) mass is 390 g/mol. The molecule has 0 spiro atoms. The number of hydrogen-bond donors (Lipinski definition) is 1. The lowest BCUT2D eigenvalue weighted by Gasteiger charge is -2.12. The van der Waals surface area contributed by atoms with E-state index in [2.05, 4.69) is 26.8 Å². The summed E-state index contributed by atoms with van der Waals surface area (Å²) in [6, 6.07) is 6.14. The highest BCUT2D eigenvalue weighted by Gasteiger charge is 2.21. The number of rotatable bonds is 6. The molecule has 0 atom stereocenters. The Kier molecular flexibility index (Phi) is 5.19. The second kappa shape index (κ2) is 7.26. The van der Waals surface area contributed by atoms with Crippen molar-refractivity contribution in [3.8, 4) is 0 Å². The number of anilines is 1. The van der Waals surface area contributed by atoms with Gasteiger partial charge in [-0.2, -0.15) is 4.98 Å². The first kappa shape index (κ1) is 19.3. The van der Waals surface area contributed by atoms with Crippen molar-refractivity contribution in [1.82, 2.24) is 14.5 Å². The Bertz CT molecular complexity index is 1090. The molecule has 0 amide bonds. The van der Waals surface area contributed by atoms with E-state index in [9.17, 15) is 12.8 Å². The van der Waals surface area contributed by atoms with Gasteiger partial charge in [-0.1, -0.05) is 19.1 Å². The van der Waals surface area contributed by atoms with E-state index in [1.807, 2.05) is 13.8 Å². The van der Waals surface area contributed by atoms with E-state index in [1.54, 1.807) is 12.1 Å². The van der Waals surface area contributed by atoms with Crippen molar-refractivity contribution in [2.75, 3.05) is 11.6 Å². The van der Waals surface area contributed by atoms with Crippen molar-refractivity contribution < 1.29 is 12.8 Å². The molecule has 144 valence electrons. The topological polar surface area (TPSA) is 76.9 Å². The SMILES string of the molecule is CCCn1c(C)c(C)c2nc(S(C)(=O)=O)nc(NCc3ccc(F)cc3)c21. The molecule has 0 saturated heterocycles. The maximum Gasteiger partial charge on any atom is 0.249 e. The van der Waals surface area contributed by atoms with Gasteiger partial charge in [0.15, 0.2) is 5.82 Å². The molecule has 1 N–H and O–H groups in total. The number of sulfone groups is 1. The van der Waals surface area contributed by atoms with Crippen LogP contribution in [0.1, 0.15) is 30.2 Å². The molecular weight excluding hydrogens is 367 g/mol. The van der Waals surface area contributed by atoms with E-state index in [1.165, 1.54) is 12.1 Å². The zero-order chi connectivity index (χ0) is 19.8. The van der Waals surface area contributed by atoms with Gasteiger partial charge in [0.05, 0.1) is 5.52 Å². The summed E-state index contributed by atoms with van der Waals surface area (Å²) in [5.41, 5.74) is 4.28. The van der Waals surface area contributed by atoms with Crippen LogP contribution >= 0.6 is 0 Å². The van der Waals surface area contributed by atoms with E-state index in [0.717, 1.165) is 41.6 Å². The molecule has 0 bridgehead atoms. The summed E-state index contributed by atoms with van der Waals surface area (Å²) in [4.78, 5) is 8.62. The molecule has 0 saturated carbocycles. The van der Waals surface area contributed by atoms with Crippen molar-refractivity contribution in [3.05, 3.63) is 46.9 Å². The maximum absolute atomic E-state index is 13.1. The molecule has 3 aromatic rings. The van der Waals surface area contributed by atoms with Crippen LogP contribution in [-0.2, 0) is 22.9 Å². The molecule has 0 fully saturated rings. The summed E-state index contributed by atoms with van der Waals surface area (Å²) < 4.78 is 39.4. The standard InChI is InChI=1S/C19H23FN4O2S/c1-5-10-24-13(3)12(2)16-17(24)18(23-19(22-16)27(4,25)26)21-11-14-6-8-15(20)9-7-14/h6-9H,5,10-11H2,1-4H3,(H,21,22,23). The quantitative estimate of drug-likeness (QED) is 0.651. The fraction of sp³-hybridized carbons (Fsp3) is 0.368. The Balaban J connectivity index is 2.15. The van der Waals surface area contributed by atoms with Gasteiger partial charge in [-0.15, -0.1) is 0 Å². The lowest BCUT2D eigenvalue weighted by atomic mass is 10.2. The number of benzene rings is 1. The van der Waals surface area contributed by atoms with Gasteiger partial charge < -0.3 is 9.88 Å². The fourth-order valence-electron chi connectivity index (χ4n) is 3.07. The van der Waals surface area contributed by atoms with E-state index < -0.39 is 9.84 Å². The third-order valence-electron chi connectivity index (χ3n) is 4.59. The van der Waals surface area contributed by atoms with E-state index in [0.29, 0.717) is 17.9 Å². The van der Waals surface area contributed by atoms with Crippen LogP contribution in [0.15, 0.2) is 29.4 Å². The predicted molar refractivity (Wildman–Crippen MR) is 104 cm³/mol. The number of nitrogens with one attached hydrogen (secondary N) is 1. The number of fused-ring (bicyclic) bond motifs is 1. The first-order chi connectivity index (χ1) is 12.7. The molecule has 2 heterocycles.